The van der Waals surface area contributed by atoms with Crippen LogP contribution in [0.25, 0.3) is 44.8 Å². The number of hydrogen-bond donors (Lipinski definition) is 2. The molecule has 0 atom stereocenters. The molecule has 0 radical (unpaired) electrons. The summed E-state index contributed by atoms with van der Waals surface area (Å²) in [5, 5.41) is 11.5. The molecule has 0 spiro atoms. The normalized spacial score (nSPS) is 12.5. The van der Waals surface area contributed by atoms with Crippen molar-refractivity contribution in [1.82, 2.24) is 19.9 Å². The molecule has 0 fully saturated rings. The van der Waals surface area contributed by atoms with Crippen molar-refractivity contribution in [3.05, 3.63) is 75.8 Å². The maximum absolute atomic E-state index is 13.0. The number of nitro groups is 1. The lowest BCUT2D eigenvalue weighted by molar-refractivity contribution is -0.384. The van der Waals surface area contributed by atoms with Gasteiger partial charge in [-0.15, -0.1) is 0 Å². The fourth-order valence-electron chi connectivity index (χ4n) is 3.64. The van der Waals surface area contributed by atoms with E-state index in [1.54, 1.807) is 0 Å². The average Bonchev–Trinajstić information content (AvgIpc) is 3.40. The quantitative estimate of drug-likeness (QED) is 0.166. The van der Waals surface area contributed by atoms with Crippen LogP contribution in [0.3, 0.4) is 0 Å². The number of hydrogen-bond acceptors (Lipinski definition) is 4. The molecule has 0 saturated heterocycles. The van der Waals surface area contributed by atoms with Gasteiger partial charge in [-0.25, -0.2) is 9.97 Å². The van der Waals surface area contributed by atoms with Crippen molar-refractivity contribution in [1.29, 1.82) is 0 Å². The topological polar surface area (TPSA) is 100 Å². The Kier molecular flexibility index (Phi) is 4.83. The number of imidazole rings is 2. The summed E-state index contributed by atoms with van der Waals surface area (Å²) in [6.07, 6.45) is -9.13. The minimum atomic E-state index is -4.56. The van der Waals surface area contributed by atoms with E-state index in [9.17, 15) is 36.5 Å². The Hall–Kier alpha value is -4.42. The number of rotatable bonds is 3. The van der Waals surface area contributed by atoms with Crippen LogP contribution < -0.4 is 0 Å². The Morgan fingerprint density at radius 2 is 1.11 bits per heavy atom. The molecule has 5 aromatic rings. The Morgan fingerprint density at radius 3 is 1.49 bits per heavy atom. The summed E-state index contributed by atoms with van der Waals surface area (Å²) in [7, 11) is 0. The monoisotopic (exact) mass is 491 g/mol. The zero-order valence-electron chi connectivity index (χ0n) is 17.1. The summed E-state index contributed by atoms with van der Waals surface area (Å²) in [5.41, 5.74) is -1.22. The van der Waals surface area contributed by atoms with Crippen LogP contribution in [0.15, 0.2) is 54.6 Å². The van der Waals surface area contributed by atoms with Gasteiger partial charge < -0.3 is 9.97 Å². The van der Waals surface area contributed by atoms with Gasteiger partial charge in [-0.1, -0.05) is 0 Å². The molecule has 2 N–H and O–H groups in total. The maximum atomic E-state index is 13.0. The number of nitrogens with zero attached hydrogens (tertiary/aromatic N) is 3. The lowest BCUT2D eigenvalue weighted by atomic mass is 10.1. The van der Waals surface area contributed by atoms with Gasteiger partial charge in [0, 0.05) is 23.3 Å². The minimum Gasteiger partial charge on any atom is -0.338 e. The van der Waals surface area contributed by atoms with Crippen molar-refractivity contribution in [2.75, 3.05) is 0 Å². The molecule has 2 heterocycles. The number of aromatic nitrogens is 4. The number of nitro benzene ring substituents is 1. The fraction of sp³-hybridized carbons (Fsp3) is 0.0909. The summed E-state index contributed by atoms with van der Waals surface area (Å²) in [6.45, 7) is 0. The van der Waals surface area contributed by atoms with Gasteiger partial charge in [-0.05, 0) is 42.5 Å². The van der Waals surface area contributed by atoms with Crippen LogP contribution in [-0.4, -0.2) is 24.9 Å². The summed E-state index contributed by atoms with van der Waals surface area (Å²) >= 11 is 0. The molecule has 7 nitrogen and oxygen atoms in total. The molecule has 35 heavy (non-hydrogen) atoms. The van der Waals surface area contributed by atoms with Crippen LogP contribution in [0, 0.1) is 10.1 Å². The van der Waals surface area contributed by atoms with Crippen LogP contribution in [0.5, 0.6) is 0 Å². The molecule has 0 aliphatic heterocycles. The van der Waals surface area contributed by atoms with E-state index in [0.717, 1.165) is 24.3 Å². The molecule has 5 rings (SSSR count). The van der Waals surface area contributed by atoms with E-state index in [2.05, 4.69) is 19.9 Å². The van der Waals surface area contributed by atoms with Crippen LogP contribution in [0.2, 0.25) is 0 Å². The van der Waals surface area contributed by atoms with Crippen molar-refractivity contribution in [3.8, 4) is 22.8 Å². The lowest BCUT2D eigenvalue weighted by Gasteiger charge is -2.05. The number of H-pyrrole nitrogens is 2. The highest BCUT2D eigenvalue weighted by atomic mass is 19.4. The van der Waals surface area contributed by atoms with E-state index in [0.29, 0.717) is 0 Å². The van der Waals surface area contributed by atoms with Gasteiger partial charge in [0.05, 0.1) is 38.1 Å². The third-order valence-corrected chi connectivity index (χ3v) is 5.29. The largest absolute Gasteiger partial charge is 0.416 e. The van der Waals surface area contributed by atoms with E-state index in [4.69, 9.17) is 0 Å². The summed E-state index contributed by atoms with van der Waals surface area (Å²) in [6, 6.07) is 9.64. The number of benzene rings is 3. The van der Waals surface area contributed by atoms with Crippen LogP contribution in [0.4, 0.5) is 32.0 Å². The van der Waals surface area contributed by atoms with E-state index in [1.807, 2.05) is 0 Å². The summed E-state index contributed by atoms with van der Waals surface area (Å²) in [4.78, 5) is 24.7. The Bertz CT molecular complexity index is 1510. The van der Waals surface area contributed by atoms with E-state index in [-0.39, 0.29) is 50.5 Å². The molecular formula is C22H11F6N5O2. The molecule has 0 unspecified atom stereocenters. The molecule has 0 aliphatic carbocycles. The third kappa shape index (κ3) is 4.16. The summed E-state index contributed by atoms with van der Waals surface area (Å²) < 4.78 is 78.1. The predicted octanol–water partition coefficient (Wildman–Crippen LogP) is 6.72. The van der Waals surface area contributed by atoms with Gasteiger partial charge in [-0.2, -0.15) is 26.3 Å². The lowest BCUT2D eigenvalue weighted by Crippen LogP contribution is -2.04. The molecule has 3 aromatic carbocycles. The number of halogens is 6. The highest BCUT2D eigenvalue weighted by molar-refractivity contribution is 5.84. The zero-order valence-corrected chi connectivity index (χ0v) is 17.1. The number of aromatic amines is 2. The molecule has 178 valence electrons. The second-order valence-electron chi connectivity index (χ2n) is 7.66. The molecule has 2 aromatic heterocycles. The van der Waals surface area contributed by atoms with E-state index >= 15 is 0 Å². The first kappa shape index (κ1) is 22.4. The molecule has 0 bridgehead atoms. The molecule has 13 heteroatoms. The highest BCUT2D eigenvalue weighted by Crippen LogP contribution is 2.35. The first-order valence-electron chi connectivity index (χ1n) is 9.83. The minimum absolute atomic E-state index is 0.0692. The van der Waals surface area contributed by atoms with Crippen molar-refractivity contribution >= 4 is 27.8 Å². The molecule has 0 aliphatic rings. The van der Waals surface area contributed by atoms with E-state index < -0.39 is 28.4 Å². The number of non-ortho nitro benzene ring substituents is 1. The Balaban J connectivity index is 1.63. The standard InChI is InChI=1S/C22H11F6N5O2/c23-21(24,25)12-1-3-15-17(8-12)31-19(29-15)10-5-11(7-14(6-10)33(34)35)20-30-16-4-2-13(22(26,27)28)9-18(16)32-20/h1-9H,(H,29,31)(H,30,32). The zero-order chi connectivity index (χ0) is 25.1. The first-order valence-corrected chi connectivity index (χ1v) is 9.83. The average molecular weight is 491 g/mol. The van der Waals surface area contributed by atoms with Gasteiger partial charge >= 0.3 is 12.4 Å². The van der Waals surface area contributed by atoms with Crippen molar-refractivity contribution in [2.24, 2.45) is 0 Å². The number of fused-ring (bicyclic) bond motifs is 2. The van der Waals surface area contributed by atoms with Gasteiger partial charge in [0.2, 0.25) is 0 Å². The van der Waals surface area contributed by atoms with Crippen LogP contribution >= 0.6 is 0 Å². The first-order chi connectivity index (χ1) is 16.4. The highest BCUT2D eigenvalue weighted by Gasteiger charge is 2.31. The van der Waals surface area contributed by atoms with Crippen molar-refractivity contribution in [3.63, 3.8) is 0 Å². The fourth-order valence-corrected chi connectivity index (χ4v) is 3.64. The van der Waals surface area contributed by atoms with Gasteiger partial charge in [0.25, 0.3) is 5.69 Å². The second kappa shape index (κ2) is 7.55. The van der Waals surface area contributed by atoms with Crippen LogP contribution in [-0.2, 0) is 12.4 Å². The maximum Gasteiger partial charge on any atom is 0.416 e. The smallest absolute Gasteiger partial charge is 0.338 e. The van der Waals surface area contributed by atoms with Crippen LogP contribution in [0.1, 0.15) is 11.1 Å². The van der Waals surface area contributed by atoms with Gasteiger partial charge in [0.15, 0.2) is 0 Å². The van der Waals surface area contributed by atoms with Gasteiger partial charge in [-0.3, -0.25) is 10.1 Å². The SMILES string of the molecule is O=[N+]([O-])c1cc(-c2nc3ccc(C(F)(F)F)cc3[nH]2)cc(-c2nc3ccc(C(F)(F)F)cc3[nH]2)c1. The molecular weight excluding hydrogens is 480 g/mol. The predicted molar refractivity (Wildman–Crippen MR) is 113 cm³/mol. The Morgan fingerprint density at radius 1 is 0.686 bits per heavy atom. The van der Waals surface area contributed by atoms with Gasteiger partial charge in [0.1, 0.15) is 11.6 Å². The van der Waals surface area contributed by atoms with Crippen molar-refractivity contribution < 1.29 is 31.3 Å². The third-order valence-electron chi connectivity index (χ3n) is 5.29. The van der Waals surface area contributed by atoms with E-state index in [1.165, 1.54) is 30.3 Å². The second-order valence-corrected chi connectivity index (χ2v) is 7.66. The molecule has 0 saturated carbocycles. The Labute approximate surface area is 190 Å². The molecule has 0 amide bonds. The number of nitrogens with one attached hydrogen (secondary N) is 2. The summed E-state index contributed by atoms with van der Waals surface area (Å²) in [5.74, 6) is 0.138. The number of alkyl halides is 6. The van der Waals surface area contributed by atoms with Crippen molar-refractivity contribution in [2.45, 2.75) is 12.4 Å².